The summed E-state index contributed by atoms with van der Waals surface area (Å²) in [7, 11) is -2.49. The van der Waals surface area contributed by atoms with E-state index < -0.39 is 22.6 Å². The Hall–Kier alpha value is -3.49. The average molecular weight is 520 g/mol. The largest absolute Gasteiger partial charge is 0.495 e. The average Bonchev–Trinajstić information content (AvgIpc) is 3.29. The van der Waals surface area contributed by atoms with Crippen LogP contribution in [-0.2, 0) is 21.2 Å². The number of methoxy groups -OCH3 is 1. The molecule has 2 aliphatic rings. The quantitative estimate of drug-likeness (QED) is 0.256. The first-order valence-corrected chi connectivity index (χ1v) is 13.8. The highest BCUT2D eigenvalue weighted by atomic mass is 32.2. The molecule has 192 valence electrons. The Morgan fingerprint density at radius 2 is 1.70 bits per heavy atom. The number of hydrogen-bond donors (Lipinski definition) is 0. The maximum absolute atomic E-state index is 13.4. The van der Waals surface area contributed by atoms with Crippen LogP contribution in [0, 0.1) is 0 Å². The molecule has 8 heteroatoms. The Labute approximate surface area is 217 Å². The monoisotopic (exact) mass is 519 g/mol. The van der Waals surface area contributed by atoms with E-state index in [1.165, 1.54) is 35.2 Å². The molecule has 0 N–H and O–H groups in total. The van der Waals surface area contributed by atoms with Crippen molar-refractivity contribution in [2.45, 2.75) is 43.5 Å². The number of piperidine rings is 1. The van der Waals surface area contributed by atoms with Gasteiger partial charge in [0.15, 0.2) is 12.4 Å². The van der Waals surface area contributed by atoms with Crippen LogP contribution in [-0.4, -0.2) is 50.8 Å². The smallest absolute Gasteiger partial charge is 0.338 e. The van der Waals surface area contributed by atoms with E-state index in [1.54, 1.807) is 6.07 Å². The van der Waals surface area contributed by atoms with Gasteiger partial charge >= 0.3 is 5.97 Å². The summed E-state index contributed by atoms with van der Waals surface area (Å²) >= 11 is 0. The molecule has 1 atom stereocenters. The third kappa shape index (κ3) is 4.79. The summed E-state index contributed by atoms with van der Waals surface area (Å²) in [6.07, 6.45) is 3.36. The lowest BCUT2D eigenvalue weighted by Crippen LogP contribution is -2.42. The third-order valence-corrected chi connectivity index (χ3v) is 9.22. The normalized spacial score (nSPS) is 17.1. The molecule has 3 aromatic carbocycles. The van der Waals surface area contributed by atoms with Gasteiger partial charge in [0.2, 0.25) is 10.0 Å². The van der Waals surface area contributed by atoms with E-state index in [0.717, 1.165) is 42.4 Å². The van der Waals surface area contributed by atoms with E-state index in [4.69, 9.17) is 9.47 Å². The Balaban J connectivity index is 1.32. The molecule has 1 heterocycles. The number of esters is 1. The Kier molecular flexibility index (Phi) is 6.88. The summed E-state index contributed by atoms with van der Waals surface area (Å²) < 4.78 is 38.9. The maximum atomic E-state index is 13.4. The Morgan fingerprint density at radius 3 is 2.49 bits per heavy atom. The van der Waals surface area contributed by atoms with Crippen LogP contribution in [0.2, 0.25) is 0 Å². The predicted molar refractivity (Wildman–Crippen MR) is 139 cm³/mol. The zero-order valence-electron chi connectivity index (χ0n) is 20.9. The number of sulfonamides is 1. The molecule has 3 aromatic rings. The molecule has 0 spiro atoms. The SMILES string of the molecule is COc1ccc(C(=O)OCC(=O)c2ccc3c(c2)-c2ccccc2C3)cc1S(=O)(=O)N1CCCC[C@@H]1C. The van der Waals surface area contributed by atoms with Gasteiger partial charge in [-0.05, 0) is 72.7 Å². The molecule has 1 aliphatic heterocycles. The van der Waals surface area contributed by atoms with Crippen LogP contribution >= 0.6 is 0 Å². The van der Waals surface area contributed by atoms with Crippen molar-refractivity contribution < 1.29 is 27.5 Å². The topological polar surface area (TPSA) is 90.0 Å². The van der Waals surface area contributed by atoms with E-state index in [0.29, 0.717) is 12.1 Å². The van der Waals surface area contributed by atoms with E-state index >= 15 is 0 Å². The summed E-state index contributed by atoms with van der Waals surface area (Å²) in [6, 6.07) is 17.6. The summed E-state index contributed by atoms with van der Waals surface area (Å²) in [6.45, 7) is 1.85. The number of hydrogen-bond acceptors (Lipinski definition) is 6. The summed E-state index contributed by atoms with van der Waals surface area (Å²) in [4.78, 5) is 25.6. The lowest BCUT2D eigenvalue weighted by atomic mass is 10.0. The summed E-state index contributed by atoms with van der Waals surface area (Å²) in [5.74, 6) is -0.946. The summed E-state index contributed by atoms with van der Waals surface area (Å²) in [5.41, 5.74) is 5.01. The third-order valence-electron chi connectivity index (χ3n) is 7.18. The predicted octanol–water partition coefficient (Wildman–Crippen LogP) is 4.87. The molecule has 37 heavy (non-hydrogen) atoms. The van der Waals surface area contributed by atoms with Gasteiger partial charge in [-0.2, -0.15) is 4.31 Å². The van der Waals surface area contributed by atoms with Crippen LogP contribution < -0.4 is 4.74 Å². The lowest BCUT2D eigenvalue weighted by molar-refractivity contribution is 0.0474. The molecule has 1 fully saturated rings. The molecule has 1 saturated heterocycles. The first kappa shape index (κ1) is 25.2. The standard InChI is InChI=1S/C29H29NO6S/c1-19-7-5-6-14-30(19)37(33,34)28-17-23(12-13-27(28)35-2)29(32)36-18-26(31)22-11-10-21-15-20-8-3-4-9-24(20)25(21)16-22/h3-4,8-13,16-17,19H,5-7,14-15,18H2,1-2H3/t19-/m0/s1. The van der Waals surface area contributed by atoms with Gasteiger partial charge in [-0.1, -0.05) is 42.8 Å². The number of benzene rings is 3. The van der Waals surface area contributed by atoms with Gasteiger partial charge in [-0.25, -0.2) is 13.2 Å². The highest BCUT2D eigenvalue weighted by molar-refractivity contribution is 7.89. The second-order valence-electron chi connectivity index (χ2n) is 9.53. The van der Waals surface area contributed by atoms with Crippen molar-refractivity contribution in [3.05, 3.63) is 82.9 Å². The highest BCUT2D eigenvalue weighted by Gasteiger charge is 2.34. The van der Waals surface area contributed by atoms with Crippen LogP contribution in [0.4, 0.5) is 0 Å². The van der Waals surface area contributed by atoms with E-state index in [1.807, 2.05) is 37.3 Å². The number of ketones is 1. The van der Waals surface area contributed by atoms with Crippen LogP contribution in [0.5, 0.6) is 5.75 Å². The fourth-order valence-corrected chi connectivity index (χ4v) is 7.04. The van der Waals surface area contributed by atoms with Gasteiger partial charge in [0.25, 0.3) is 0 Å². The molecule has 7 nitrogen and oxygen atoms in total. The highest BCUT2D eigenvalue weighted by Crippen LogP contribution is 2.37. The zero-order valence-corrected chi connectivity index (χ0v) is 21.7. The van der Waals surface area contributed by atoms with Gasteiger partial charge in [0.1, 0.15) is 10.6 Å². The second-order valence-corrected chi connectivity index (χ2v) is 11.4. The minimum absolute atomic E-state index is 0.0414. The molecule has 0 amide bonds. The van der Waals surface area contributed by atoms with E-state index in [-0.39, 0.29) is 28.0 Å². The minimum Gasteiger partial charge on any atom is -0.495 e. The van der Waals surface area contributed by atoms with Gasteiger partial charge in [-0.3, -0.25) is 4.79 Å². The van der Waals surface area contributed by atoms with Crippen LogP contribution in [0.3, 0.4) is 0 Å². The van der Waals surface area contributed by atoms with Crippen molar-refractivity contribution in [2.75, 3.05) is 20.3 Å². The van der Waals surface area contributed by atoms with Crippen LogP contribution in [0.15, 0.2) is 65.6 Å². The Bertz CT molecular complexity index is 1480. The maximum Gasteiger partial charge on any atom is 0.338 e. The summed E-state index contributed by atoms with van der Waals surface area (Å²) in [5, 5.41) is 0. The molecule has 0 saturated carbocycles. The number of nitrogens with zero attached hydrogens (tertiary/aromatic N) is 1. The number of Topliss-reactive ketones (excluding diaryl/α,β-unsaturated/α-hetero) is 1. The fraction of sp³-hybridized carbons (Fsp3) is 0.310. The first-order valence-electron chi connectivity index (χ1n) is 12.4. The van der Waals surface area contributed by atoms with Crippen molar-refractivity contribution in [3.8, 4) is 16.9 Å². The van der Waals surface area contributed by atoms with Gasteiger partial charge in [-0.15, -0.1) is 0 Å². The van der Waals surface area contributed by atoms with Crippen LogP contribution in [0.1, 0.15) is 58.0 Å². The van der Waals surface area contributed by atoms with Crippen molar-refractivity contribution in [3.63, 3.8) is 0 Å². The lowest BCUT2D eigenvalue weighted by Gasteiger charge is -2.32. The fourth-order valence-electron chi connectivity index (χ4n) is 5.16. The number of carbonyl (C=O) groups is 2. The second kappa shape index (κ2) is 10.1. The zero-order chi connectivity index (χ0) is 26.2. The number of rotatable bonds is 7. The number of ether oxygens (including phenoxy) is 2. The molecule has 0 bridgehead atoms. The minimum atomic E-state index is -3.88. The molecular weight excluding hydrogens is 490 g/mol. The van der Waals surface area contributed by atoms with E-state index in [2.05, 4.69) is 6.07 Å². The molecule has 0 aromatic heterocycles. The molecular formula is C29H29NO6S. The van der Waals surface area contributed by atoms with Gasteiger partial charge in [0, 0.05) is 18.2 Å². The Morgan fingerprint density at radius 1 is 0.946 bits per heavy atom. The van der Waals surface area contributed by atoms with Crippen molar-refractivity contribution in [2.24, 2.45) is 0 Å². The van der Waals surface area contributed by atoms with Gasteiger partial charge < -0.3 is 9.47 Å². The van der Waals surface area contributed by atoms with Crippen molar-refractivity contribution in [1.29, 1.82) is 0 Å². The molecule has 5 rings (SSSR count). The first-order chi connectivity index (χ1) is 17.8. The number of carbonyl (C=O) groups excluding carboxylic acids is 2. The van der Waals surface area contributed by atoms with E-state index in [9.17, 15) is 18.0 Å². The van der Waals surface area contributed by atoms with Crippen LogP contribution in [0.25, 0.3) is 11.1 Å². The molecule has 0 radical (unpaired) electrons. The number of fused-ring (bicyclic) bond motifs is 3. The van der Waals surface area contributed by atoms with Crippen molar-refractivity contribution in [1.82, 2.24) is 4.31 Å². The molecule has 1 aliphatic carbocycles. The van der Waals surface area contributed by atoms with Crippen molar-refractivity contribution >= 4 is 21.8 Å². The van der Waals surface area contributed by atoms with Gasteiger partial charge in [0.05, 0.1) is 12.7 Å². The molecule has 0 unspecified atom stereocenters.